The number of nitrogens with one attached hydrogen (secondary N) is 2. The zero-order valence-electron chi connectivity index (χ0n) is 17.4. The average Bonchev–Trinajstić information content (AvgIpc) is 3.31. The number of amides is 2. The standard InChI is InChI=1S/C21H27N5O4.HI/c1-2-22-21(24-10-9-23-19(28)16-5-7-17(27)8-6-16)26-13-11-25(12-14-26)20(29)18-4-3-15-30-18;/h3-8,15,27H,2,9-14H2,1H3,(H,22,24)(H,23,28);1H. The molecular weight excluding hydrogens is 513 g/mol. The van der Waals surface area contributed by atoms with Crippen LogP contribution in [0.2, 0.25) is 0 Å². The maximum atomic E-state index is 12.4. The molecule has 168 valence electrons. The Morgan fingerprint density at radius 1 is 1.06 bits per heavy atom. The first kappa shape index (κ1) is 24.5. The minimum Gasteiger partial charge on any atom is -0.508 e. The zero-order valence-corrected chi connectivity index (χ0v) is 19.7. The molecule has 0 atom stereocenters. The summed E-state index contributed by atoms with van der Waals surface area (Å²) in [6.07, 6.45) is 1.50. The molecule has 31 heavy (non-hydrogen) atoms. The van der Waals surface area contributed by atoms with Gasteiger partial charge in [-0.3, -0.25) is 14.6 Å². The number of aliphatic imine (C=N–C) groups is 1. The second-order valence-electron chi connectivity index (χ2n) is 6.79. The maximum Gasteiger partial charge on any atom is 0.289 e. The van der Waals surface area contributed by atoms with Crippen LogP contribution in [0.4, 0.5) is 0 Å². The van der Waals surface area contributed by atoms with E-state index in [0.29, 0.717) is 50.6 Å². The van der Waals surface area contributed by atoms with Gasteiger partial charge in [0.05, 0.1) is 12.8 Å². The molecule has 9 nitrogen and oxygen atoms in total. The zero-order chi connectivity index (χ0) is 21.3. The molecule has 1 aliphatic heterocycles. The van der Waals surface area contributed by atoms with Gasteiger partial charge in [-0.05, 0) is 43.3 Å². The van der Waals surface area contributed by atoms with E-state index in [9.17, 15) is 14.7 Å². The lowest BCUT2D eigenvalue weighted by atomic mass is 10.2. The molecule has 2 amide bonds. The summed E-state index contributed by atoms with van der Waals surface area (Å²) in [6, 6.07) is 9.48. The van der Waals surface area contributed by atoms with Gasteiger partial charge in [0, 0.05) is 44.8 Å². The van der Waals surface area contributed by atoms with Gasteiger partial charge >= 0.3 is 0 Å². The van der Waals surface area contributed by atoms with Crippen molar-refractivity contribution in [2.24, 2.45) is 4.99 Å². The summed E-state index contributed by atoms with van der Waals surface area (Å²) in [6.45, 7) is 6.05. The lowest BCUT2D eigenvalue weighted by Crippen LogP contribution is -2.53. The minimum absolute atomic E-state index is 0. The number of aromatic hydroxyl groups is 1. The van der Waals surface area contributed by atoms with Gasteiger partial charge in [-0.1, -0.05) is 0 Å². The Bertz CT molecular complexity index is 862. The SMILES string of the molecule is CCNC(=NCCNC(=O)c1ccc(O)cc1)N1CCN(C(=O)c2ccco2)CC1.I. The van der Waals surface area contributed by atoms with E-state index in [1.165, 1.54) is 18.4 Å². The normalized spacial score (nSPS) is 14.0. The molecule has 10 heteroatoms. The quantitative estimate of drug-likeness (QED) is 0.223. The Kier molecular flexibility index (Phi) is 9.63. The summed E-state index contributed by atoms with van der Waals surface area (Å²) in [5.41, 5.74) is 0.487. The van der Waals surface area contributed by atoms with Crippen molar-refractivity contribution >= 4 is 41.8 Å². The van der Waals surface area contributed by atoms with Gasteiger partial charge in [0.1, 0.15) is 5.75 Å². The van der Waals surface area contributed by atoms with Crippen molar-refractivity contribution in [2.45, 2.75) is 6.92 Å². The lowest BCUT2D eigenvalue weighted by molar-refractivity contribution is 0.0657. The number of rotatable bonds is 6. The molecule has 2 heterocycles. The van der Waals surface area contributed by atoms with E-state index >= 15 is 0 Å². The third kappa shape index (κ3) is 6.88. The van der Waals surface area contributed by atoms with Crippen molar-refractivity contribution in [1.82, 2.24) is 20.4 Å². The third-order valence-corrected chi connectivity index (χ3v) is 4.72. The van der Waals surface area contributed by atoms with Crippen molar-refractivity contribution in [3.63, 3.8) is 0 Å². The molecule has 0 unspecified atom stereocenters. The van der Waals surface area contributed by atoms with Crippen molar-refractivity contribution in [2.75, 3.05) is 45.8 Å². The van der Waals surface area contributed by atoms with Crippen LogP contribution in [0.15, 0.2) is 52.1 Å². The molecule has 2 aromatic rings. The Hall–Kier alpha value is -2.76. The van der Waals surface area contributed by atoms with Crippen LogP contribution < -0.4 is 10.6 Å². The van der Waals surface area contributed by atoms with Gasteiger partial charge in [-0.15, -0.1) is 24.0 Å². The van der Waals surface area contributed by atoms with Gasteiger partial charge < -0.3 is 30.0 Å². The maximum absolute atomic E-state index is 12.4. The average molecular weight is 541 g/mol. The van der Waals surface area contributed by atoms with Gasteiger partial charge in [-0.25, -0.2) is 0 Å². The van der Waals surface area contributed by atoms with Crippen LogP contribution >= 0.6 is 24.0 Å². The Morgan fingerprint density at radius 2 is 1.74 bits per heavy atom. The fraction of sp³-hybridized carbons (Fsp3) is 0.381. The number of hydrogen-bond donors (Lipinski definition) is 3. The van der Waals surface area contributed by atoms with Crippen LogP contribution in [0.5, 0.6) is 5.75 Å². The molecule has 0 radical (unpaired) electrons. The summed E-state index contributed by atoms with van der Waals surface area (Å²) in [4.78, 5) is 33.0. The van der Waals surface area contributed by atoms with Crippen molar-refractivity contribution in [3.05, 3.63) is 54.0 Å². The molecule has 1 saturated heterocycles. The largest absolute Gasteiger partial charge is 0.508 e. The third-order valence-electron chi connectivity index (χ3n) is 4.72. The molecule has 1 aliphatic rings. The topological polar surface area (TPSA) is 110 Å². The first-order valence-corrected chi connectivity index (χ1v) is 10.0. The molecule has 3 N–H and O–H groups in total. The van der Waals surface area contributed by atoms with Crippen LogP contribution in [0.1, 0.15) is 27.8 Å². The highest BCUT2D eigenvalue weighted by molar-refractivity contribution is 14.0. The van der Waals surface area contributed by atoms with E-state index in [1.54, 1.807) is 29.2 Å². The molecule has 1 aromatic heterocycles. The smallest absolute Gasteiger partial charge is 0.289 e. The second-order valence-corrected chi connectivity index (χ2v) is 6.79. The highest BCUT2D eigenvalue weighted by Crippen LogP contribution is 2.10. The number of nitrogens with zero attached hydrogens (tertiary/aromatic N) is 3. The van der Waals surface area contributed by atoms with Gasteiger partial charge in [0.15, 0.2) is 11.7 Å². The van der Waals surface area contributed by atoms with Crippen LogP contribution in [-0.4, -0.2) is 78.5 Å². The van der Waals surface area contributed by atoms with E-state index in [1.807, 2.05) is 6.92 Å². The summed E-state index contributed by atoms with van der Waals surface area (Å²) in [5, 5.41) is 15.4. The monoisotopic (exact) mass is 541 g/mol. The summed E-state index contributed by atoms with van der Waals surface area (Å²) in [5.74, 6) is 0.936. The Morgan fingerprint density at radius 3 is 2.35 bits per heavy atom. The van der Waals surface area contributed by atoms with E-state index < -0.39 is 0 Å². The summed E-state index contributed by atoms with van der Waals surface area (Å²) in [7, 11) is 0. The molecular formula is C21H28IN5O4. The number of phenols is 1. The number of carbonyl (C=O) groups excluding carboxylic acids is 2. The predicted molar refractivity (Wildman–Crippen MR) is 128 cm³/mol. The van der Waals surface area contributed by atoms with Crippen LogP contribution in [0.3, 0.4) is 0 Å². The van der Waals surface area contributed by atoms with Gasteiger partial charge in [0.25, 0.3) is 11.8 Å². The molecule has 0 spiro atoms. The molecule has 0 bridgehead atoms. The number of guanidine groups is 1. The van der Waals surface area contributed by atoms with Crippen molar-refractivity contribution < 1.29 is 19.1 Å². The van der Waals surface area contributed by atoms with Crippen LogP contribution in [0.25, 0.3) is 0 Å². The van der Waals surface area contributed by atoms with Crippen molar-refractivity contribution in [1.29, 1.82) is 0 Å². The van der Waals surface area contributed by atoms with E-state index in [-0.39, 0.29) is 41.5 Å². The summed E-state index contributed by atoms with van der Waals surface area (Å²) >= 11 is 0. The number of hydrogen-bond acceptors (Lipinski definition) is 5. The van der Waals surface area contributed by atoms with E-state index in [2.05, 4.69) is 20.5 Å². The van der Waals surface area contributed by atoms with Gasteiger partial charge in [-0.2, -0.15) is 0 Å². The van der Waals surface area contributed by atoms with Gasteiger partial charge in [0.2, 0.25) is 0 Å². The Balaban J connectivity index is 0.00000341. The number of halogens is 1. The fourth-order valence-corrected chi connectivity index (χ4v) is 3.15. The van der Waals surface area contributed by atoms with Crippen LogP contribution in [0, 0.1) is 0 Å². The molecule has 0 saturated carbocycles. The fourth-order valence-electron chi connectivity index (χ4n) is 3.15. The van der Waals surface area contributed by atoms with Crippen molar-refractivity contribution in [3.8, 4) is 5.75 Å². The highest BCUT2D eigenvalue weighted by atomic mass is 127. The number of piperazine rings is 1. The number of benzene rings is 1. The first-order valence-electron chi connectivity index (χ1n) is 10.0. The van der Waals surface area contributed by atoms with Crippen LogP contribution in [-0.2, 0) is 0 Å². The number of phenolic OH excluding ortho intramolecular Hbond substituents is 1. The lowest BCUT2D eigenvalue weighted by Gasteiger charge is -2.36. The Labute approximate surface area is 198 Å². The first-order chi connectivity index (χ1) is 14.6. The molecule has 1 fully saturated rings. The minimum atomic E-state index is -0.208. The number of furan rings is 1. The predicted octanol–water partition coefficient (Wildman–Crippen LogP) is 1.76. The molecule has 3 rings (SSSR count). The molecule has 1 aromatic carbocycles. The highest BCUT2D eigenvalue weighted by Gasteiger charge is 2.25. The second kappa shape index (κ2) is 12.2. The molecule has 0 aliphatic carbocycles. The van der Waals surface area contributed by atoms with E-state index in [4.69, 9.17) is 4.42 Å². The summed E-state index contributed by atoms with van der Waals surface area (Å²) < 4.78 is 5.20. The number of carbonyl (C=O) groups is 2. The van der Waals surface area contributed by atoms with E-state index in [0.717, 1.165) is 12.5 Å².